The minimum atomic E-state index is -0.318. The number of hydrogen-bond acceptors (Lipinski definition) is 4. The summed E-state index contributed by atoms with van der Waals surface area (Å²) in [7, 11) is 0. The maximum absolute atomic E-state index is 13.3. The summed E-state index contributed by atoms with van der Waals surface area (Å²) < 4.78 is 19.0. The van der Waals surface area contributed by atoms with Crippen LogP contribution in [0.3, 0.4) is 0 Å². The van der Waals surface area contributed by atoms with Gasteiger partial charge in [-0.25, -0.2) is 9.37 Å². The van der Waals surface area contributed by atoms with Crippen LogP contribution in [0.25, 0.3) is 33.5 Å². The summed E-state index contributed by atoms with van der Waals surface area (Å²) >= 11 is 0. The number of benzene rings is 3. The second kappa shape index (κ2) is 10.00. The molecule has 0 unspecified atom stereocenters. The summed E-state index contributed by atoms with van der Waals surface area (Å²) in [6.07, 6.45) is 3.55. The number of nitrogens with one attached hydrogen (secondary N) is 2. The van der Waals surface area contributed by atoms with E-state index in [4.69, 9.17) is 4.74 Å². The van der Waals surface area contributed by atoms with Crippen molar-refractivity contribution < 1.29 is 13.9 Å². The number of hydrogen-bond donors (Lipinski definition) is 2. The lowest BCUT2D eigenvalue weighted by Crippen LogP contribution is -2.27. The lowest BCUT2D eigenvalue weighted by atomic mass is 10.0. The molecule has 180 valence electrons. The first-order valence-corrected chi connectivity index (χ1v) is 11.8. The highest BCUT2D eigenvalue weighted by molar-refractivity contribution is 5.98. The Bertz CT molecular complexity index is 1530. The molecule has 5 aromatic rings. The van der Waals surface area contributed by atoms with Crippen LogP contribution in [0, 0.1) is 5.82 Å². The Kier molecular flexibility index (Phi) is 6.45. The molecule has 7 heteroatoms. The van der Waals surface area contributed by atoms with E-state index in [9.17, 15) is 9.18 Å². The second-order valence-electron chi connectivity index (χ2n) is 8.45. The Morgan fingerprint density at radius 3 is 2.56 bits per heavy atom. The van der Waals surface area contributed by atoms with Gasteiger partial charge in [-0.1, -0.05) is 36.4 Å². The minimum Gasteiger partial charge on any atom is -0.493 e. The molecule has 6 nitrogen and oxygen atoms in total. The number of amides is 1. The van der Waals surface area contributed by atoms with Gasteiger partial charge in [0, 0.05) is 17.1 Å². The van der Waals surface area contributed by atoms with Crippen LogP contribution in [0.4, 0.5) is 4.39 Å². The fourth-order valence-corrected chi connectivity index (χ4v) is 4.08. The number of H-pyrrole nitrogens is 1. The van der Waals surface area contributed by atoms with Crippen molar-refractivity contribution in [3.63, 3.8) is 0 Å². The van der Waals surface area contributed by atoms with E-state index in [0.29, 0.717) is 23.7 Å². The zero-order valence-corrected chi connectivity index (χ0v) is 20.0. The van der Waals surface area contributed by atoms with Gasteiger partial charge >= 0.3 is 0 Å². The molecule has 36 heavy (non-hydrogen) atoms. The zero-order valence-electron chi connectivity index (χ0n) is 20.0. The predicted octanol–water partition coefficient (Wildman–Crippen LogP) is 6.32. The Balaban J connectivity index is 1.43. The molecule has 3 aromatic carbocycles. The third-order valence-corrected chi connectivity index (χ3v) is 6.00. The standard InChI is InChI=1S/C29H25FN4O2/c1-3-36-27-13-10-21(14-24(27)29(35)33-18(2)19-8-11-23(30)12-9-19)26-17-32-28(34-26)25-15-20-6-4-5-7-22(20)16-31-25/h4-18H,3H2,1-2H3,(H,32,34)(H,33,35)/t18-/m1/s1. The SMILES string of the molecule is CCOc1ccc(-c2cnc(-c3cc4ccccc4cn3)[nH]2)cc1C(=O)N[C@H](C)c1ccc(F)cc1. The molecule has 0 saturated heterocycles. The van der Waals surface area contributed by atoms with Crippen LogP contribution >= 0.6 is 0 Å². The monoisotopic (exact) mass is 480 g/mol. The molecule has 0 bridgehead atoms. The molecule has 2 N–H and O–H groups in total. The molecular weight excluding hydrogens is 455 g/mol. The van der Waals surface area contributed by atoms with Crippen LogP contribution in [0.1, 0.15) is 35.8 Å². The van der Waals surface area contributed by atoms with Gasteiger partial charge in [0.2, 0.25) is 0 Å². The van der Waals surface area contributed by atoms with Gasteiger partial charge in [0.1, 0.15) is 17.3 Å². The summed E-state index contributed by atoms with van der Waals surface area (Å²) in [5.41, 5.74) is 3.49. The minimum absolute atomic E-state index is 0.284. The topological polar surface area (TPSA) is 79.9 Å². The first kappa shape index (κ1) is 23.2. The van der Waals surface area contributed by atoms with Crippen molar-refractivity contribution in [2.24, 2.45) is 0 Å². The molecule has 1 amide bonds. The Morgan fingerprint density at radius 2 is 1.78 bits per heavy atom. The summed E-state index contributed by atoms with van der Waals surface area (Å²) in [4.78, 5) is 25.6. The molecule has 0 aliphatic rings. The summed E-state index contributed by atoms with van der Waals surface area (Å²) in [5, 5.41) is 5.12. The normalized spacial score (nSPS) is 11.9. The van der Waals surface area contributed by atoms with Gasteiger partial charge in [-0.05, 0) is 61.2 Å². The number of fused-ring (bicyclic) bond motifs is 1. The van der Waals surface area contributed by atoms with Crippen LogP contribution in [-0.2, 0) is 0 Å². The van der Waals surface area contributed by atoms with Crippen LogP contribution < -0.4 is 10.1 Å². The maximum atomic E-state index is 13.3. The Hall–Kier alpha value is -4.52. The average Bonchev–Trinajstić information content (AvgIpc) is 3.39. The van der Waals surface area contributed by atoms with Gasteiger partial charge in [0.15, 0.2) is 5.82 Å². The molecule has 0 aliphatic carbocycles. The number of carbonyl (C=O) groups is 1. The number of imidazole rings is 1. The second-order valence-corrected chi connectivity index (χ2v) is 8.45. The van der Waals surface area contributed by atoms with E-state index < -0.39 is 0 Å². The van der Waals surface area contributed by atoms with Gasteiger partial charge in [0.05, 0.1) is 30.1 Å². The third-order valence-electron chi connectivity index (χ3n) is 6.00. The number of halogens is 1. The number of aromatic nitrogens is 3. The predicted molar refractivity (Wildman–Crippen MR) is 138 cm³/mol. The summed E-state index contributed by atoms with van der Waals surface area (Å²) in [6, 6.07) is 21.2. The number of aromatic amines is 1. The van der Waals surface area contributed by atoms with Gasteiger partial charge in [-0.3, -0.25) is 9.78 Å². The van der Waals surface area contributed by atoms with E-state index in [1.165, 1.54) is 12.1 Å². The van der Waals surface area contributed by atoms with Crippen molar-refractivity contribution in [3.05, 3.63) is 102 Å². The number of nitrogens with zero attached hydrogens (tertiary/aromatic N) is 2. The molecule has 5 rings (SSSR count). The summed E-state index contributed by atoms with van der Waals surface area (Å²) in [5.74, 6) is 0.524. The quantitative estimate of drug-likeness (QED) is 0.286. The number of rotatable bonds is 7. The average molecular weight is 481 g/mol. The van der Waals surface area contributed by atoms with Crippen LogP contribution in [0.15, 0.2) is 85.2 Å². The molecular formula is C29H25FN4O2. The molecule has 0 saturated carbocycles. The highest BCUT2D eigenvalue weighted by atomic mass is 19.1. The third kappa shape index (κ3) is 4.81. The molecule has 0 aliphatic heterocycles. The first-order valence-electron chi connectivity index (χ1n) is 11.8. The van der Waals surface area contributed by atoms with E-state index in [-0.39, 0.29) is 17.8 Å². The summed E-state index contributed by atoms with van der Waals surface area (Å²) in [6.45, 7) is 4.15. The van der Waals surface area contributed by atoms with Gasteiger partial charge in [0.25, 0.3) is 5.91 Å². The van der Waals surface area contributed by atoms with Crippen molar-refractivity contribution in [2.75, 3.05) is 6.61 Å². The first-order chi connectivity index (χ1) is 17.5. The van der Waals surface area contributed by atoms with Gasteiger partial charge in [-0.15, -0.1) is 0 Å². The number of carbonyl (C=O) groups excluding carboxylic acids is 1. The fourth-order valence-electron chi connectivity index (χ4n) is 4.08. The van der Waals surface area contributed by atoms with Crippen molar-refractivity contribution in [3.8, 4) is 28.5 Å². The van der Waals surface area contributed by atoms with Crippen molar-refractivity contribution >= 4 is 16.7 Å². The van der Waals surface area contributed by atoms with Crippen molar-refractivity contribution in [2.45, 2.75) is 19.9 Å². The molecule has 0 radical (unpaired) electrons. The molecule has 2 heterocycles. The Labute approximate surface area is 208 Å². The zero-order chi connectivity index (χ0) is 25.1. The highest BCUT2D eigenvalue weighted by Crippen LogP contribution is 2.29. The fraction of sp³-hybridized carbons (Fsp3) is 0.138. The van der Waals surface area contributed by atoms with Crippen LogP contribution in [0.2, 0.25) is 0 Å². The molecule has 1 atom stereocenters. The van der Waals surface area contributed by atoms with E-state index >= 15 is 0 Å². The van der Waals surface area contributed by atoms with Crippen LogP contribution in [0.5, 0.6) is 5.75 Å². The lowest BCUT2D eigenvalue weighted by molar-refractivity contribution is 0.0936. The molecule has 2 aromatic heterocycles. The van der Waals surface area contributed by atoms with E-state index in [1.54, 1.807) is 30.5 Å². The van der Waals surface area contributed by atoms with Gasteiger partial charge < -0.3 is 15.0 Å². The molecule has 0 fully saturated rings. The number of pyridine rings is 1. The van der Waals surface area contributed by atoms with Crippen LogP contribution in [-0.4, -0.2) is 27.5 Å². The lowest BCUT2D eigenvalue weighted by Gasteiger charge is -2.17. The Morgan fingerprint density at radius 1 is 1.00 bits per heavy atom. The smallest absolute Gasteiger partial charge is 0.255 e. The van der Waals surface area contributed by atoms with Crippen molar-refractivity contribution in [1.82, 2.24) is 20.3 Å². The largest absolute Gasteiger partial charge is 0.493 e. The van der Waals surface area contributed by atoms with Gasteiger partial charge in [-0.2, -0.15) is 0 Å². The molecule has 0 spiro atoms. The maximum Gasteiger partial charge on any atom is 0.255 e. The van der Waals surface area contributed by atoms with E-state index in [0.717, 1.165) is 33.3 Å². The highest BCUT2D eigenvalue weighted by Gasteiger charge is 2.18. The van der Waals surface area contributed by atoms with Crippen molar-refractivity contribution in [1.29, 1.82) is 0 Å². The van der Waals surface area contributed by atoms with E-state index in [2.05, 4.69) is 20.3 Å². The van der Waals surface area contributed by atoms with E-state index in [1.807, 2.05) is 56.4 Å². The number of ether oxygens (including phenoxy) is 1.